The molecule has 0 atom stereocenters. The van der Waals surface area contributed by atoms with Crippen LogP contribution in [0.2, 0.25) is 0 Å². The average molecular weight is 663 g/mol. The van der Waals surface area contributed by atoms with Gasteiger partial charge in [-0.3, -0.25) is 28.3 Å². The van der Waals surface area contributed by atoms with Crippen molar-refractivity contribution in [2.45, 2.75) is 104 Å². The lowest BCUT2D eigenvalue weighted by Crippen LogP contribution is -2.25. The maximum Gasteiger partial charge on any atom is 0.262 e. The number of nitrogens with zero attached hydrogens (tertiary/aromatic N) is 2. The van der Waals surface area contributed by atoms with E-state index in [0.717, 1.165) is 103 Å². The van der Waals surface area contributed by atoms with Crippen molar-refractivity contribution in [3.05, 3.63) is 89.9 Å². The highest BCUT2D eigenvalue weighted by molar-refractivity contribution is 6.50. The van der Waals surface area contributed by atoms with Gasteiger partial charge in [0.25, 0.3) is 22.2 Å². The highest BCUT2D eigenvalue weighted by atomic mass is 16.2. The van der Waals surface area contributed by atoms with Crippen molar-refractivity contribution in [2.24, 2.45) is 0 Å². The normalized spacial score (nSPS) is 12.8. The van der Waals surface area contributed by atoms with E-state index in [0.29, 0.717) is 34.6 Å². The molecule has 0 aliphatic rings. The van der Waals surface area contributed by atoms with Gasteiger partial charge in [0.2, 0.25) is 0 Å². The van der Waals surface area contributed by atoms with Crippen molar-refractivity contribution in [3.63, 3.8) is 0 Å². The summed E-state index contributed by atoms with van der Waals surface area (Å²) in [7, 11) is 0. The molecule has 0 amide bonds. The highest BCUT2D eigenvalue weighted by Gasteiger charge is 2.29. The Labute approximate surface area is 288 Å². The van der Waals surface area contributed by atoms with Gasteiger partial charge in [-0.1, -0.05) is 127 Å². The van der Waals surface area contributed by atoms with Crippen LogP contribution in [0.3, 0.4) is 0 Å². The Bertz CT molecular complexity index is 2560. The zero-order valence-electron chi connectivity index (χ0n) is 29.0. The lowest BCUT2D eigenvalue weighted by molar-refractivity contribution is 0.548. The Morgan fingerprint density at radius 1 is 0.340 bits per heavy atom. The lowest BCUT2D eigenvalue weighted by atomic mass is 9.80. The van der Waals surface area contributed by atoms with Crippen LogP contribution in [0.4, 0.5) is 0 Å². The number of aromatic nitrogens is 2. The Morgan fingerprint density at radius 2 is 0.620 bits per heavy atom. The van der Waals surface area contributed by atoms with E-state index in [2.05, 4.69) is 13.8 Å². The summed E-state index contributed by atoms with van der Waals surface area (Å²) in [5.41, 5.74) is -0.848. The topological polar surface area (TPSA) is 78.1 Å². The lowest BCUT2D eigenvalue weighted by Gasteiger charge is -2.21. The van der Waals surface area contributed by atoms with Gasteiger partial charge in [-0.15, -0.1) is 0 Å². The van der Waals surface area contributed by atoms with Crippen molar-refractivity contribution in [3.8, 4) is 0 Å². The fourth-order valence-electron chi connectivity index (χ4n) is 9.37. The molecule has 9 rings (SSSR count). The van der Waals surface area contributed by atoms with Gasteiger partial charge < -0.3 is 0 Å². The molecule has 2 aromatic heterocycles. The van der Waals surface area contributed by atoms with Gasteiger partial charge in [0.15, 0.2) is 0 Å². The van der Waals surface area contributed by atoms with E-state index in [-0.39, 0.29) is 22.2 Å². The van der Waals surface area contributed by atoms with E-state index in [9.17, 15) is 19.2 Å². The standard InChI is InChI=1S/C44H42N2O4/c1-3-5-7-9-11-13-23-45-41(47)37-27-19-15-25-17-21-29-35-31(25)33(27)34-28(38(37)42(45)48)20-16-26-18-22-30(36(35)32(26)34)40-39(29)43(49)46(44(40)50)24-14-12-10-8-6-4-2/h15-22H,3-14,23-24H2,1-2H3. The fraction of sp³-hybridized carbons (Fsp3) is 0.364. The second-order valence-corrected chi connectivity index (χ2v) is 14.7. The van der Waals surface area contributed by atoms with Gasteiger partial charge in [0, 0.05) is 13.1 Å². The average Bonchev–Trinajstić information content (AvgIpc) is 3.54. The molecule has 0 saturated carbocycles. The van der Waals surface area contributed by atoms with E-state index in [1.54, 1.807) is 0 Å². The van der Waals surface area contributed by atoms with Crippen LogP contribution in [-0.2, 0) is 13.1 Å². The van der Waals surface area contributed by atoms with Crippen molar-refractivity contribution < 1.29 is 0 Å². The third-order valence-corrected chi connectivity index (χ3v) is 11.8. The molecule has 6 nitrogen and oxygen atoms in total. The third-order valence-electron chi connectivity index (χ3n) is 11.8. The van der Waals surface area contributed by atoms with E-state index in [4.69, 9.17) is 0 Å². The first kappa shape index (κ1) is 31.2. The van der Waals surface area contributed by atoms with Gasteiger partial charge in [-0.2, -0.15) is 0 Å². The largest absolute Gasteiger partial charge is 0.274 e. The quantitative estimate of drug-likeness (QED) is 0.0660. The van der Waals surface area contributed by atoms with Gasteiger partial charge in [-0.25, -0.2) is 0 Å². The Balaban J connectivity index is 1.33. The van der Waals surface area contributed by atoms with Crippen LogP contribution in [0.1, 0.15) is 90.9 Å². The fourth-order valence-corrected chi connectivity index (χ4v) is 9.37. The Kier molecular flexibility index (Phi) is 7.41. The molecular weight excluding hydrogens is 620 g/mol. The molecule has 7 aromatic carbocycles. The molecule has 0 bridgehead atoms. The molecule has 0 spiro atoms. The van der Waals surface area contributed by atoms with Gasteiger partial charge in [0.05, 0.1) is 21.5 Å². The van der Waals surface area contributed by atoms with Crippen LogP contribution in [0, 0.1) is 0 Å². The van der Waals surface area contributed by atoms with Crippen molar-refractivity contribution in [1.29, 1.82) is 0 Å². The van der Waals surface area contributed by atoms with Gasteiger partial charge >= 0.3 is 0 Å². The molecule has 0 unspecified atom stereocenters. The van der Waals surface area contributed by atoms with E-state index >= 15 is 0 Å². The first-order valence-corrected chi connectivity index (χ1v) is 18.9. The van der Waals surface area contributed by atoms with E-state index in [1.165, 1.54) is 47.7 Å². The molecule has 0 aliphatic heterocycles. The van der Waals surface area contributed by atoms with Crippen LogP contribution in [0.25, 0.3) is 86.2 Å². The molecule has 6 heteroatoms. The van der Waals surface area contributed by atoms with Gasteiger partial charge in [-0.05, 0) is 77.5 Å². The minimum Gasteiger partial charge on any atom is -0.274 e. The summed E-state index contributed by atoms with van der Waals surface area (Å²) in [6.45, 7) is 5.23. The predicted molar refractivity (Wildman–Crippen MR) is 210 cm³/mol. The molecule has 0 radical (unpaired) electrons. The number of hydrogen-bond acceptors (Lipinski definition) is 4. The highest BCUT2D eigenvalue weighted by Crippen LogP contribution is 2.51. The van der Waals surface area contributed by atoms with Crippen LogP contribution in [0.15, 0.2) is 67.7 Å². The maximum absolute atomic E-state index is 14.2. The minimum atomic E-state index is -0.212. The molecule has 2 heterocycles. The molecule has 9 aromatic rings. The smallest absolute Gasteiger partial charge is 0.262 e. The first-order chi connectivity index (χ1) is 24.5. The van der Waals surface area contributed by atoms with Crippen molar-refractivity contribution in [2.75, 3.05) is 0 Å². The number of unbranched alkanes of at least 4 members (excludes halogenated alkanes) is 10. The summed E-state index contributed by atoms with van der Waals surface area (Å²) in [5.74, 6) is 0. The summed E-state index contributed by atoms with van der Waals surface area (Å²) in [5, 5.41) is 13.0. The molecular formula is C44H42N2O4. The number of benzene rings is 7. The summed E-state index contributed by atoms with van der Waals surface area (Å²) in [4.78, 5) is 56.8. The second-order valence-electron chi connectivity index (χ2n) is 14.7. The summed E-state index contributed by atoms with van der Waals surface area (Å²) < 4.78 is 2.93. The third kappa shape index (κ3) is 4.20. The predicted octanol–water partition coefficient (Wildman–Crippen LogP) is 9.87. The van der Waals surface area contributed by atoms with Crippen LogP contribution < -0.4 is 22.2 Å². The number of fused-ring (bicyclic) bond motifs is 6. The van der Waals surface area contributed by atoms with Crippen LogP contribution in [-0.4, -0.2) is 9.13 Å². The molecule has 0 N–H and O–H groups in total. The molecule has 252 valence electrons. The second kappa shape index (κ2) is 11.9. The zero-order valence-corrected chi connectivity index (χ0v) is 29.0. The van der Waals surface area contributed by atoms with E-state index < -0.39 is 0 Å². The first-order valence-electron chi connectivity index (χ1n) is 18.9. The van der Waals surface area contributed by atoms with Gasteiger partial charge in [0.1, 0.15) is 0 Å². The zero-order chi connectivity index (χ0) is 34.3. The Morgan fingerprint density at radius 3 is 0.920 bits per heavy atom. The van der Waals surface area contributed by atoms with Crippen molar-refractivity contribution >= 4 is 86.2 Å². The number of rotatable bonds is 14. The minimum absolute atomic E-state index is 0.212. The van der Waals surface area contributed by atoms with Crippen molar-refractivity contribution in [1.82, 2.24) is 9.13 Å². The van der Waals surface area contributed by atoms with E-state index in [1.807, 2.05) is 48.5 Å². The number of hydrogen-bond donors (Lipinski definition) is 0. The van der Waals surface area contributed by atoms with Crippen LogP contribution in [0.5, 0.6) is 0 Å². The molecule has 0 saturated heterocycles. The maximum atomic E-state index is 14.2. The molecule has 0 aliphatic carbocycles. The summed E-state index contributed by atoms with van der Waals surface area (Å²) in [6, 6.07) is 16.2. The van der Waals surface area contributed by atoms with Crippen LogP contribution >= 0.6 is 0 Å². The molecule has 50 heavy (non-hydrogen) atoms. The Hall–Kier alpha value is -4.84. The molecule has 0 fully saturated rings. The summed E-state index contributed by atoms with van der Waals surface area (Å²) >= 11 is 0. The monoisotopic (exact) mass is 662 g/mol. The SMILES string of the molecule is CCCCCCCCn1c(=O)c2c3ccc4ccc5c6c(=O)n(CCCCCCCC)c(=O)c6c6ccc7ccc(c2c1=O)c1c7c6c5c4c31. The summed E-state index contributed by atoms with van der Waals surface area (Å²) in [6.07, 6.45) is 12.9.